The highest BCUT2D eigenvalue weighted by Gasteiger charge is 2.76. The van der Waals surface area contributed by atoms with E-state index in [9.17, 15) is 4.79 Å². The Balaban J connectivity index is 1.47. The van der Waals surface area contributed by atoms with Crippen molar-refractivity contribution >= 4 is 5.91 Å². The molecule has 7 atom stereocenters. The van der Waals surface area contributed by atoms with E-state index in [0.29, 0.717) is 25.6 Å². The molecule has 33 heavy (non-hydrogen) atoms. The van der Waals surface area contributed by atoms with Crippen LogP contribution in [0.15, 0.2) is 42.5 Å². The van der Waals surface area contributed by atoms with Crippen molar-refractivity contribution in [1.82, 2.24) is 4.90 Å². The molecule has 1 unspecified atom stereocenters. The SMILES string of the molecule is C[C@H]([C@@H]1C=CCCC1)[C@@]12CO[C@@H](C(C)(C)C)N1C(=O)[C@@H]1CC(OCc3ccccc3)O[C@@]12C. The van der Waals surface area contributed by atoms with E-state index >= 15 is 0 Å². The fraction of sp³-hybridized carbons (Fsp3) is 0.679. The van der Waals surface area contributed by atoms with E-state index in [1.807, 2.05) is 18.2 Å². The average molecular weight is 454 g/mol. The lowest BCUT2D eigenvalue weighted by molar-refractivity contribution is -0.207. The quantitative estimate of drug-likeness (QED) is 0.568. The van der Waals surface area contributed by atoms with Gasteiger partial charge in [0.15, 0.2) is 6.29 Å². The second-order valence-electron chi connectivity index (χ2n) is 11.7. The summed E-state index contributed by atoms with van der Waals surface area (Å²) in [4.78, 5) is 16.1. The molecule has 5 nitrogen and oxygen atoms in total. The number of hydrogen-bond donors (Lipinski definition) is 0. The van der Waals surface area contributed by atoms with Crippen LogP contribution in [0.25, 0.3) is 0 Å². The fourth-order valence-corrected chi connectivity index (χ4v) is 6.90. The van der Waals surface area contributed by atoms with E-state index in [1.165, 1.54) is 6.42 Å². The van der Waals surface area contributed by atoms with Gasteiger partial charge in [0.25, 0.3) is 0 Å². The third-order valence-corrected chi connectivity index (χ3v) is 8.70. The predicted molar refractivity (Wildman–Crippen MR) is 127 cm³/mol. The first kappa shape index (κ1) is 23.1. The largest absolute Gasteiger partial charge is 0.355 e. The van der Waals surface area contributed by atoms with Crippen molar-refractivity contribution in [3.63, 3.8) is 0 Å². The number of rotatable bonds is 5. The molecule has 0 aromatic heterocycles. The number of fused-ring (bicyclic) bond motifs is 3. The van der Waals surface area contributed by atoms with Crippen LogP contribution in [0.5, 0.6) is 0 Å². The Kier molecular flexibility index (Phi) is 5.74. The van der Waals surface area contributed by atoms with Crippen LogP contribution in [0, 0.1) is 23.2 Å². The van der Waals surface area contributed by atoms with Crippen molar-refractivity contribution in [2.45, 2.75) is 90.6 Å². The van der Waals surface area contributed by atoms with Gasteiger partial charge in [0.2, 0.25) is 5.91 Å². The highest BCUT2D eigenvalue weighted by molar-refractivity contribution is 5.86. The summed E-state index contributed by atoms with van der Waals surface area (Å²) in [5, 5.41) is 0. The smallest absolute Gasteiger partial charge is 0.231 e. The van der Waals surface area contributed by atoms with Crippen molar-refractivity contribution in [2.24, 2.45) is 23.2 Å². The first-order valence-corrected chi connectivity index (χ1v) is 12.6. The Morgan fingerprint density at radius 1 is 1.24 bits per heavy atom. The van der Waals surface area contributed by atoms with Gasteiger partial charge in [0.1, 0.15) is 17.4 Å². The van der Waals surface area contributed by atoms with E-state index in [-0.39, 0.29) is 35.7 Å². The molecule has 3 aliphatic heterocycles. The zero-order chi connectivity index (χ0) is 23.4. The third-order valence-electron chi connectivity index (χ3n) is 8.70. The number of hydrogen-bond acceptors (Lipinski definition) is 4. The van der Waals surface area contributed by atoms with Crippen LogP contribution in [-0.2, 0) is 25.6 Å². The van der Waals surface area contributed by atoms with Crippen molar-refractivity contribution in [1.29, 1.82) is 0 Å². The number of nitrogens with zero attached hydrogens (tertiary/aromatic N) is 1. The normalized spacial score (nSPS) is 39.1. The van der Waals surface area contributed by atoms with Gasteiger partial charge in [-0.3, -0.25) is 4.79 Å². The van der Waals surface area contributed by atoms with E-state index in [1.54, 1.807) is 0 Å². The van der Waals surface area contributed by atoms with Gasteiger partial charge < -0.3 is 19.1 Å². The molecule has 3 fully saturated rings. The Morgan fingerprint density at radius 3 is 2.67 bits per heavy atom. The predicted octanol–water partition coefficient (Wildman–Crippen LogP) is 5.30. The number of allylic oxidation sites excluding steroid dienone is 2. The third kappa shape index (κ3) is 3.50. The molecule has 0 bridgehead atoms. The molecule has 5 heteroatoms. The van der Waals surface area contributed by atoms with Gasteiger partial charge in [-0.15, -0.1) is 0 Å². The van der Waals surface area contributed by atoms with Gasteiger partial charge >= 0.3 is 0 Å². The van der Waals surface area contributed by atoms with Crippen LogP contribution in [0.4, 0.5) is 0 Å². The highest BCUT2D eigenvalue weighted by Crippen LogP contribution is 2.61. The van der Waals surface area contributed by atoms with Gasteiger partial charge in [0.05, 0.1) is 19.1 Å². The highest BCUT2D eigenvalue weighted by atomic mass is 16.7. The summed E-state index contributed by atoms with van der Waals surface area (Å²) in [6, 6.07) is 10.2. The maximum atomic E-state index is 14.0. The maximum Gasteiger partial charge on any atom is 0.231 e. The molecule has 0 saturated carbocycles. The van der Waals surface area contributed by atoms with Gasteiger partial charge in [0, 0.05) is 11.8 Å². The van der Waals surface area contributed by atoms with E-state index in [0.717, 1.165) is 18.4 Å². The lowest BCUT2D eigenvalue weighted by Gasteiger charge is -2.50. The topological polar surface area (TPSA) is 48.0 Å². The summed E-state index contributed by atoms with van der Waals surface area (Å²) in [6.07, 6.45) is 8.14. The first-order chi connectivity index (χ1) is 15.7. The Hall–Kier alpha value is -1.69. The molecular weight excluding hydrogens is 414 g/mol. The lowest BCUT2D eigenvalue weighted by atomic mass is 9.65. The second-order valence-corrected chi connectivity index (χ2v) is 11.7. The zero-order valence-corrected chi connectivity index (χ0v) is 20.8. The first-order valence-electron chi connectivity index (χ1n) is 12.6. The molecule has 0 spiro atoms. The van der Waals surface area contributed by atoms with Gasteiger partial charge in [-0.1, -0.05) is 70.2 Å². The van der Waals surface area contributed by atoms with Crippen LogP contribution in [0.1, 0.15) is 65.9 Å². The van der Waals surface area contributed by atoms with Gasteiger partial charge in [-0.05, 0) is 43.6 Å². The molecule has 1 aromatic rings. The van der Waals surface area contributed by atoms with Crippen molar-refractivity contribution < 1.29 is 19.0 Å². The molecule has 180 valence electrons. The lowest BCUT2D eigenvalue weighted by Crippen LogP contribution is -2.64. The molecule has 3 heterocycles. The number of carbonyl (C=O) groups excluding carboxylic acids is 1. The Labute approximate surface area is 198 Å². The molecule has 1 aliphatic carbocycles. The summed E-state index contributed by atoms with van der Waals surface area (Å²) in [6.45, 7) is 12.0. The summed E-state index contributed by atoms with van der Waals surface area (Å²) in [5.41, 5.74) is -0.193. The number of amides is 1. The molecule has 1 amide bonds. The number of ether oxygens (including phenoxy) is 3. The maximum absolute atomic E-state index is 14.0. The van der Waals surface area contributed by atoms with Crippen molar-refractivity contribution in [3.8, 4) is 0 Å². The van der Waals surface area contributed by atoms with Gasteiger partial charge in [-0.2, -0.15) is 0 Å². The van der Waals surface area contributed by atoms with Crippen molar-refractivity contribution in [3.05, 3.63) is 48.0 Å². The summed E-state index contributed by atoms with van der Waals surface area (Å²) >= 11 is 0. The minimum atomic E-state index is -0.643. The second kappa shape index (κ2) is 8.21. The molecule has 4 aliphatic rings. The van der Waals surface area contributed by atoms with Crippen LogP contribution >= 0.6 is 0 Å². The average Bonchev–Trinajstić information content (AvgIpc) is 3.42. The molecule has 0 radical (unpaired) electrons. The van der Waals surface area contributed by atoms with Crippen LogP contribution in [-0.4, -0.2) is 41.1 Å². The molecule has 1 aromatic carbocycles. The number of carbonyl (C=O) groups is 1. The van der Waals surface area contributed by atoms with Crippen LogP contribution < -0.4 is 0 Å². The molecule has 0 N–H and O–H groups in total. The molecular formula is C28H39NO4. The van der Waals surface area contributed by atoms with E-state index in [2.05, 4.69) is 63.8 Å². The summed E-state index contributed by atoms with van der Waals surface area (Å²) in [5.74, 6) is 0.613. The summed E-state index contributed by atoms with van der Waals surface area (Å²) < 4.78 is 19.4. The Bertz CT molecular complexity index is 908. The molecule has 5 rings (SSSR count). The van der Waals surface area contributed by atoms with Crippen molar-refractivity contribution in [2.75, 3.05) is 6.61 Å². The standard InChI is InChI=1S/C28H39NO4/c1-19(21-14-10-7-11-15-21)28-18-32-25(26(2,3)4)29(28)24(30)22-16-23(33-27(22,28)5)31-17-20-12-8-6-9-13-20/h6,8-10,12-14,19,21-23,25H,7,11,15-18H2,1-5H3/t19-,21-,22+,23?,25+,27+,28-/m1/s1. The zero-order valence-electron chi connectivity index (χ0n) is 20.8. The monoisotopic (exact) mass is 453 g/mol. The summed E-state index contributed by atoms with van der Waals surface area (Å²) in [7, 11) is 0. The Morgan fingerprint density at radius 2 is 2.00 bits per heavy atom. The number of benzene rings is 1. The van der Waals surface area contributed by atoms with E-state index < -0.39 is 11.1 Å². The van der Waals surface area contributed by atoms with Gasteiger partial charge in [-0.25, -0.2) is 0 Å². The van der Waals surface area contributed by atoms with Crippen LogP contribution in [0.2, 0.25) is 0 Å². The minimum absolute atomic E-state index is 0.169. The molecule has 3 saturated heterocycles. The van der Waals surface area contributed by atoms with Crippen LogP contribution in [0.3, 0.4) is 0 Å². The minimum Gasteiger partial charge on any atom is -0.355 e. The fourth-order valence-electron chi connectivity index (χ4n) is 6.90. The van der Waals surface area contributed by atoms with E-state index in [4.69, 9.17) is 14.2 Å².